The van der Waals surface area contributed by atoms with Crippen molar-refractivity contribution in [2.24, 2.45) is 0 Å². The largest absolute Gasteiger partial charge is 0.497 e. The summed E-state index contributed by atoms with van der Waals surface area (Å²) in [7, 11) is 1.65. The van der Waals surface area contributed by atoms with Gasteiger partial charge in [-0.15, -0.1) is 10.2 Å². The number of methoxy groups -OCH3 is 1. The zero-order chi connectivity index (χ0) is 20.1. The Morgan fingerprint density at radius 3 is 2.34 bits per heavy atom. The average molecular weight is 399 g/mol. The van der Waals surface area contributed by atoms with Crippen LogP contribution in [0.5, 0.6) is 5.75 Å². The maximum atomic E-state index is 8.96. The van der Waals surface area contributed by atoms with E-state index in [-0.39, 0.29) is 0 Å². The van der Waals surface area contributed by atoms with Crippen LogP contribution in [0.4, 0.5) is 0 Å². The van der Waals surface area contributed by atoms with E-state index in [1.807, 2.05) is 65.2 Å². The molecule has 29 heavy (non-hydrogen) atoms. The number of nitrogens with zero attached hydrogens (tertiary/aromatic N) is 5. The lowest BCUT2D eigenvalue weighted by molar-refractivity contribution is 0.414. The molecule has 0 aliphatic heterocycles. The van der Waals surface area contributed by atoms with Gasteiger partial charge in [-0.3, -0.25) is 9.55 Å². The van der Waals surface area contributed by atoms with Gasteiger partial charge in [0.2, 0.25) is 0 Å². The van der Waals surface area contributed by atoms with Crippen molar-refractivity contribution in [1.29, 1.82) is 5.26 Å². The lowest BCUT2D eigenvalue weighted by Crippen LogP contribution is -2.00. The third-order valence-electron chi connectivity index (χ3n) is 4.35. The van der Waals surface area contributed by atoms with Crippen molar-refractivity contribution in [1.82, 2.24) is 19.7 Å². The van der Waals surface area contributed by atoms with E-state index in [2.05, 4.69) is 21.3 Å². The van der Waals surface area contributed by atoms with Gasteiger partial charge in [0, 0.05) is 29.4 Å². The molecule has 4 aromatic rings. The molecule has 0 saturated carbocycles. The Morgan fingerprint density at radius 2 is 1.69 bits per heavy atom. The topological polar surface area (TPSA) is 76.6 Å². The van der Waals surface area contributed by atoms with Crippen LogP contribution in [-0.2, 0) is 5.75 Å². The Hall–Kier alpha value is -3.63. The Bertz CT molecular complexity index is 1130. The molecule has 0 saturated heterocycles. The highest BCUT2D eigenvalue weighted by Gasteiger charge is 2.16. The van der Waals surface area contributed by atoms with Crippen LogP contribution < -0.4 is 4.74 Å². The summed E-state index contributed by atoms with van der Waals surface area (Å²) in [5, 5.41) is 18.6. The first-order valence-electron chi connectivity index (χ1n) is 8.90. The predicted octanol–water partition coefficient (Wildman–Crippen LogP) is 4.50. The fourth-order valence-corrected chi connectivity index (χ4v) is 3.75. The van der Waals surface area contributed by atoms with Crippen molar-refractivity contribution in [2.75, 3.05) is 7.11 Å². The van der Waals surface area contributed by atoms with E-state index in [1.54, 1.807) is 31.3 Å². The second-order valence-corrected chi connectivity index (χ2v) is 7.12. The first-order chi connectivity index (χ1) is 14.3. The molecule has 0 fully saturated rings. The van der Waals surface area contributed by atoms with Gasteiger partial charge in [-0.25, -0.2) is 0 Å². The normalized spacial score (nSPS) is 10.5. The van der Waals surface area contributed by atoms with Gasteiger partial charge in [-0.2, -0.15) is 5.26 Å². The first kappa shape index (κ1) is 18.7. The smallest absolute Gasteiger partial charge is 0.196 e. The Kier molecular flexibility index (Phi) is 5.54. The maximum Gasteiger partial charge on any atom is 0.196 e. The van der Waals surface area contributed by atoms with Gasteiger partial charge in [0.25, 0.3) is 0 Å². The summed E-state index contributed by atoms with van der Waals surface area (Å²) in [6.07, 6.45) is 3.48. The molecule has 142 valence electrons. The summed E-state index contributed by atoms with van der Waals surface area (Å²) in [6, 6.07) is 21.4. The molecule has 0 spiro atoms. The molecule has 0 N–H and O–H groups in total. The van der Waals surface area contributed by atoms with Crippen molar-refractivity contribution in [3.63, 3.8) is 0 Å². The van der Waals surface area contributed by atoms with Crippen LogP contribution in [0.25, 0.3) is 17.1 Å². The molecule has 4 rings (SSSR count). The molecule has 0 aliphatic rings. The zero-order valence-electron chi connectivity index (χ0n) is 15.7. The van der Waals surface area contributed by atoms with Gasteiger partial charge in [0.15, 0.2) is 11.0 Å². The molecular formula is C22H17N5OS. The Labute approximate surface area is 172 Å². The molecule has 2 aromatic heterocycles. The van der Waals surface area contributed by atoms with Crippen LogP contribution in [0.2, 0.25) is 0 Å². The van der Waals surface area contributed by atoms with Gasteiger partial charge in [0.1, 0.15) is 5.75 Å². The average Bonchev–Trinajstić information content (AvgIpc) is 3.22. The Morgan fingerprint density at radius 1 is 0.966 bits per heavy atom. The van der Waals surface area contributed by atoms with Gasteiger partial charge < -0.3 is 4.74 Å². The Balaban J connectivity index is 1.69. The highest BCUT2D eigenvalue weighted by atomic mass is 32.2. The molecule has 2 heterocycles. The number of aromatic nitrogens is 4. The van der Waals surface area contributed by atoms with Crippen LogP contribution in [-0.4, -0.2) is 26.9 Å². The highest BCUT2D eigenvalue weighted by molar-refractivity contribution is 7.98. The second kappa shape index (κ2) is 8.59. The van der Waals surface area contributed by atoms with Gasteiger partial charge in [-0.1, -0.05) is 23.9 Å². The third kappa shape index (κ3) is 4.13. The number of hydrogen-bond acceptors (Lipinski definition) is 6. The van der Waals surface area contributed by atoms with Crippen LogP contribution in [0.3, 0.4) is 0 Å². The summed E-state index contributed by atoms with van der Waals surface area (Å²) < 4.78 is 7.31. The van der Waals surface area contributed by atoms with Crippen LogP contribution in [0.1, 0.15) is 11.1 Å². The standard InChI is InChI=1S/C22H17N5OS/c1-28-20-8-6-19(7-9-20)27-21(18-10-12-24-13-11-18)25-26-22(27)29-15-17-4-2-16(14-23)3-5-17/h2-13H,15H2,1H3. The zero-order valence-corrected chi connectivity index (χ0v) is 16.5. The first-order valence-corrected chi connectivity index (χ1v) is 9.89. The number of nitriles is 1. The van der Waals surface area contributed by atoms with E-state index in [0.717, 1.165) is 39.3 Å². The van der Waals surface area contributed by atoms with Crippen molar-refractivity contribution < 1.29 is 4.74 Å². The minimum absolute atomic E-state index is 0.653. The number of ether oxygens (including phenoxy) is 1. The number of thioether (sulfide) groups is 1. The molecule has 0 aliphatic carbocycles. The summed E-state index contributed by atoms with van der Waals surface area (Å²) in [6.45, 7) is 0. The lowest BCUT2D eigenvalue weighted by Gasteiger charge is -2.11. The predicted molar refractivity (Wildman–Crippen MR) is 112 cm³/mol. The maximum absolute atomic E-state index is 8.96. The number of pyridine rings is 1. The van der Waals surface area contributed by atoms with E-state index in [1.165, 1.54) is 0 Å². The lowest BCUT2D eigenvalue weighted by atomic mass is 10.2. The van der Waals surface area contributed by atoms with Crippen LogP contribution >= 0.6 is 11.8 Å². The molecule has 0 unspecified atom stereocenters. The highest BCUT2D eigenvalue weighted by Crippen LogP contribution is 2.30. The van der Waals surface area contributed by atoms with Crippen molar-refractivity contribution >= 4 is 11.8 Å². The van der Waals surface area contributed by atoms with Crippen molar-refractivity contribution in [2.45, 2.75) is 10.9 Å². The molecule has 0 atom stereocenters. The molecule has 0 radical (unpaired) electrons. The fraction of sp³-hybridized carbons (Fsp3) is 0.0909. The molecule has 6 nitrogen and oxygen atoms in total. The van der Waals surface area contributed by atoms with Gasteiger partial charge >= 0.3 is 0 Å². The second-order valence-electron chi connectivity index (χ2n) is 6.17. The van der Waals surface area contributed by atoms with E-state index < -0.39 is 0 Å². The third-order valence-corrected chi connectivity index (χ3v) is 5.35. The quantitative estimate of drug-likeness (QED) is 0.444. The van der Waals surface area contributed by atoms with E-state index >= 15 is 0 Å². The molecule has 0 bridgehead atoms. The fourth-order valence-electron chi connectivity index (χ4n) is 2.84. The minimum Gasteiger partial charge on any atom is -0.497 e. The SMILES string of the molecule is COc1ccc(-n2c(SCc3ccc(C#N)cc3)nnc2-c2ccncc2)cc1. The molecule has 7 heteroatoms. The van der Waals surface area contributed by atoms with Crippen LogP contribution in [0, 0.1) is 11.3 Å². The van der Waals surface area contributed by atoms with Gasteiger partial charge in [-0.05, 0) is 54.1 Å². The van der Waals surface area contributed by atoms with E-state index in [4.69, 9.17) is 10.00 Å². The van der Waals surface area contributed by atoms with E-state index in [0.29, 0.717) is 5.56 Å². The monoisotopic (exact) mass is 399 g/mol. The summed E-state index contributed by atoms with van der Waals surface area (Å²) in [5.74, 6) is 2.26. The van der Waals surface area contributed by atoms with Gasteiger partial charge in [0.05, 0.1) is 18.7 Å². The van der Waals surface area contributed by atoms with Crippen LogP contribution in [0.15, 0.2) is 78.2 Å². The van der Waals surface area contributed by atoms with Crippen molar-refractivity contribution in [3.8, 4) is 28.9 Å². The number of benzene rings is 2. The molecule has 2 aromatic carbocycles. The summed E-state index contributed by atoms with van der Waals surface area (Å²) >= 11 is 1.59. The summed E-state index contributed by atoms with van der Waals surface area (Å²) in [5.41, 5.74) is 3.65. The number of rotatable bonds is 6. The molecule has 0 amide bonds. The summed E-state index contributed by atoms with van der Waals surface area (Å²) in [4.78, 5) is 4.09. The van der Waals surface area contributed by atoms with E-state index in [9.17, 15) is 0 Å². The van der Waals surface area contributed by atoms with Crippen molar-refractivity contribution in [3.05, 3.63) is 84.2 Å². The minimum atomic E-state index is 0.653. The number of hydrogen-bond donors (Lipinski definition) is 0. The molecular weight excluding hydrogens is 382 g/mol.